The van der Waals surface area contributed by atoms with Crippen LogP contribution < -0.4 is 4.90 Å². The van der Waals surface area contributed by atoms with Crippen molar-refractivity contribution in [1.82, 2.24) is 9.55 Å². The number of rotatable bonds is 1. The third-order valence-corrected chi connectivity index (χ3v) is 7.42. The first-order chi connectivity index (χ1) is 15.1. The lowest BCUT2D eigenvalue weighted by molar-refractivity contribution is -0.116. The van der Waals surface area contributed by atoms with Crippen LogP contribution in [0.3, 0.4) is 0 Å². The zero-order valence-corrected chi connectivity index (χ0v) is 16.8. The Hall–Kier alpha value is -3.83. The number of para-hydroxylation sites is 2. The number of benzene rings is 3. The lowest BCUT2D eigenvalue weighted by atomic mass is 9.98. The highest BCUT2D eigenvalue weighted by atomic mass is 32.2. The number of thioether (sulfide) groups is 1. The number of amides is 1. The highest BCUT2D eigenvalue weighted by molar-refractivity contribution is 8.02. The predicted molar refractivity (Wildman–Crippen MR) is 117 cm³/mol. The lowest BCUT2D eigenvalue weighted by Gasteiger charge is -2.34. The first-order valence-electron chi connectivity index (χ1n) is 9.67. The molecule has 2 aliphatic heterocycles. The number of anilines is 1. The van der Waals surface area contributed by atoms with Crippen LogP contribution in [-0.2, 0) is 4.79 Å². The molecule has 8 heteroatoms. The fourth-order valence-corrected chi connectivity index (χ4v) is 5.99. The van der Waals surface area contributed by atoms with E-state index in [-0.39, 0.29) is 23.1 Å². The van der Waals surface area contributed by atoms with Crippen LogP contribution in [0.2, 0.25) is 0 Å². The number of phenols is 1. The van der Waals surface area contributed by atoms with Crippen molar-refractivity contribution in [1.29, 1.82) is 5.26 Å². The molecule has 0 bridgehead atoms. The molecule has 31 heavy (non-hydrogen) atoms. The summed E-state index contributed by atoms with van der Waals surface area (Å²) in [6.07, 6.45) is 0. The van der Waals surface area contributed by atoms with Crippen LogP contribution in [-0.4, -0.2) is 37.1 Å². The maximum absolute atomic E-state index is 13.8. The molecule has 3 heterocycles. The van der Waals surface area contributed by atoms with E-state index in [9.17, 15) is 20.0 Å². The molecule has 2 unspecified atom stereocenters. The average molecular weight is 426 g/mol. The van der Waals surface area contributed by atoms with Gasteiger partial charge < -0.3 is 5.11 Å². The molecule has 150 valence electrons. The van der Waals surface area contributed by atoms with Crippen molar-refractivity contribution in [2.75, 3.05) is 10.7 Å². The second-order valence-corrected chi connectivity index (χ2v) is 8.73. The topological polar surface area (TPSA) is 99.2 Å². The Labute approximate surface area is 180 Å². The molecule has 2 atom stereocenters. The van der Waals surface area contributed by atoms with Crippen LogP contribution in [0.15, 0.2) is 60.7 Å². The quantitative estimate of drug-likeness (QED) is 0.499. The summed E-state index contributed by atoms with van der Waals surface area (Å²) in [7, 11) is 0. The Kier molecular flexibility index (Phi) is 3.53. The third kappa shape index (κ3) is 2.11. The number of imidazole rings is 1. The molecular formula is C23H14N4O3S. The normalized spacial score (nSPS) is 22.5. The molecule has 1 N–H and O–H groups in total. The zero-order valence-electron chi connectivity index (χ0n) is 16.0. The summed E-state index contributed by atoms with van der Waals surface area (Å²) in [6, 6.07) is 20.1. The number of aromatic nitrogens is 2. The van der Waals surface area contributed by atoms with Gasteiger partial charge in [-0.2, -0.15) is 5.26 Å². The number of carbonyl (C=O) groups excluding carboxylic acids is 2. The maximum atomic E-state index is 13.8. The number of fused-ring (bicyclic) bond motifs is 4. The molecule has 1 aromatic heterocycles. The van der Waals surface area contributed by atoms with Crippen LogP contribution in [0.5, 0.6) is 5.75 Å². The van der Waals surface area contributed by atoms with Gasteiger partial charge in [0.05, 0.1) is 28.5 Å². The molecule has 3 aromatic carbocycles. The van der Waals surface area contributed by atoms with Gasteiger partial charge in [0.2, 0.25) is 5.91 Å². The highest BCUT2D eigenvalue weighted by Gasteiger charge is 2.65. The minimum Gasteiger partial charge on any atom is -0.505 e. The van der Waals surface area contributed by atoms with Crippen molar-refractivity contribution >= 4 is 51.1 Å². The fraction of sp³-hybridized carbons (Fsp3) is 0.130. The summed E-state index contributed by atoms with van der Waals surface area (Å²) in [5.41, 5.74) is 1.44. The van der Waals surface area contributed by atoms with Gasteiger partial charge in [-0.3, -0.25) is 19.1 Å². The average Bonchev–Trinajstić information content (AvgIpc) is 3.40. The zero-order chi connectivity index (χ0) is 21.3. The molecule has 6 rings (SSSR count). The van der Waals surface area contributed by atoms with Gasteiger partial charge in [-0.1, -0.05) is 42.5 Å². The number of phenolic OH excluding ortho intramolecular Hbond substituents is 1. The smallest absolute Gasteiger partial charge is 0.271 e. The number of nitriles is 1. The van der Waals surface area contributed by atoms with Gasteiger partial charge in [0.25, 0.3) is 5.91 Å². The van der Waals surface area contributed by atoms with Gasteiger partial charge in [0.1, 0.15) is 17.5 Å². The number of hydrogen-bond donors (Lipinski definition) is 1. The Morgan fingerprint density at radius 2 is 1.87 bits per heavy atom. The second-order valence-electron chi connectivity index (χ2n) is 7.53. The number of aromatic hydroxyl groups is 1. The predicted octanol–water partition coefficient (Wildman–Crippen LogP) is 3.63. The SMILES string of the molecule is N#CC1c2nc3ccccc3n2C(=O)C12SCC(=O)N2c1ccc2ccccc2c1O. The molecule has 1 fully saturated rings. The van der Waals surface area contributed by atoms with Crippen LogP contribution in [0, 0.1) is 11.3 Å². The summed E-state index contributed by atoms with van der Waals surface area (Å²) in [4.78, 5) is 31.3. The molecule has 7 nitrogen and oxygen atoms in total. The molecule has 0 aliphatic carbocycles. The Balaban J connectivity index is 1.61. The summed E-state index contributed by atoms with van der Waals surface area (Å²) >= 11 is 1.12. The fourth-order valence-electron chi connectivity index (χ4n) is 4.65. The molecule has 1 saturated heterocycles. The van der Waals surface area contributed by atoms with Gasteiger partial charge in [-0.15, -0.1) is 11.8 Å². The van der Waals surface area contributed by atoms with E-state index in [1.807, 2.05) is 18.2 Å². The first kappa shape index (κ1) is 18.0. The van der Waals surface area contributed by atoms with Crippen molar-refractivity contribution in [3.8, 4) is 11.8 Å². The van der Waals surface area contributed by atoms with Crippen molar-refractivity contribution < 1.29 is 14.7 Å². The van der Waals surface area contributed by atoms with E-state index < -0.39 is 16.7 Å². The number of hydrogen-bond acceptors (Lipinski definition) is 6. The Bertz CT molecular complexity index is 1490. The standard InChI is InChI=1S/C23H14N4O3S/c24-11-15-21-25-16-7-3-4-8-17(16)26(21)22(30)23(15)27(19(28)12-31-23)18-10-9-13-5-1-2-6-14(13)20(18)29/h1-10,15,29H,12H2. The molecular weight excluding hydrogens is 412 g/mol. The van der Waals surface area contributed by atoms with Crippen molar-refractivity contribution in [2.24, 2.45) is 0 Å². The van der Waals surface area contributed by atoms with Gasteiger partial charge in [0.15, 0.2) is 4.87 Å². The number of nitrogens with zero attached hydrogens (tertiary/aromatic N) is 4. The Morgan fingerprint density at radius 1 is 1.10 bits per heavy atom. The molecule has 2 aliphatic rings. The minimum absolute atomic E-state index is 0.0267. The van der Waals surface area contributed by atoms with E-state index >= 15 is 0 Å². The van der Waals surface area contributed by atoms with Crippen LogP contribution >= 0.6 is 11.8 Å². The van der Waals surface area contributed by atoms with Crippen molar-refractivity contribution in [3.63, 3.8) is 0 Å². The monoisotopic (exact) mass is 426 g/mol. The van der Waals surface area contributed by atoms with Gasteiger partial charge >= 0.3 is 0 Å². The summed E-state index contributed by atoms with van der Waals surface area (Å²) in [6.45, 7) is 0. The molecule has 1 spiro atoms. The molecule has 0 radical (unpaired) electrons. The summed E-state index contributed by atoms with van der Waals surface area (Å²) in [5.74, 6) is -1.45. The van der Waals surface area contributed by atoms with Gasteiger partial charge in [0, 0.05) is 5.39 Å². The number of carbonyl (C=O) groups is 2. The maximum Gasteiger partial charge on any atom is 0.271 e. The van der Waals surface area contributed by atoms with Crippen molar-refractivity contribution in [3.05, 3.63) is 66.5 Å². The highest BCUT2D eigenvalue weighted by Crippen LogP contribution is 2.55. The van der Waals surface area contributed by atoms with E-state index in [1.54, 1.807) is 42.5 Å². The van der Waals surface area contributed by atoms with Gasteiger partial charge in [-0.25, -0.2) is 4.98 Å². The van der Waals surface area contributed by atoms with Crippen LogP contribution in [0.1, 0.15) is 16.5 Å². The molecule has 0 saturated carbocycles. The summed E-state index contributed by atoms with van der Waals surface area (Å²) < 4.78 is 1.44. The largest absolute Gasteiger partial charge is 0.505 e. The van der Waals surface area contributed by atoms with Gasteiger partial charge in [-0.05, 0) is 23.6 Å². The second kappa shape index (κ2) is 6.09. The van der Waals surface area contributed by atoms with E-state index in [4.69, 9.17) is 0 Å². The molecule has 4 aromatic rings. The van der Waals surface area contributed by atoms with E-state index in [0.717, 1.165) is 17.1 Å². The third-order valence-electron chi connectivity index (χ3n) is 5.99. The van der Waals surface area contributed by atoms with E-state index in [1.165, 1.54) is 9.47 Å². The van der Waals surface area contributed by atoms with Crippen molar-refractivity contribution in [2.45, 2.75) is 10.8 Å². The van der Waals surface area contributed by atoms with Crippen LogP contribution in [0.25, 0.3) is 21.8 Å². The minimum atomic E-state index is -1.52. The molecule has 1 amide bonds. The summed E-state index contributed by atoms with van der Waals surface area (Å²) in [5, 5.41) is 22.5. The Morgan fingerprint density at radius 3 is 2.71 bits per heavy atom. The first-order valence-corrected chi connectivity index (χ1v) is 10.7. The van der Waals surface area contributed by atoms with E-state index in [0.29, 0.717) is 22.2 Å². The van der Waals surface area contributed by atoms with E-state index in [2.05, 4.69) is 11.1 Å². The van der Waals surface area contributed by atoms with Crippen LogP contribution in [0.4, 0.5) is 5.69 Å². The lowest BCUT2D eigenvalue weighted by Crippen LogP contribution is -2.52.